The molecule has 0 aromatic heterocycles. The number of ketones is 1. The van der Waals surface area contributed by atoms with Gasteiger partial charge in [0.25, 0.3) is 11.7 Å². The van der Waals surface area contributed by atoms with Crippen molar-refractivity contribution in [2.24, 2.45) is 0 Å². The molecule has 36 heavy (non-hydrogen) atoms. The van der Waals surface area contributed by atoms with Gasteiger partial charge in [-0.1, -0.05) is 36.4 Å². The van der Waals surface area contributed by atoms with Crippen molar-refractivity contribution in [1.29, 1.82) is 0 Å². The average molecular weight is 488 g/mol. The highest BCUT2D eigenvalue weighted by atomic mass is 16.5. The van der Waals surface area contributed by atoms with E-state index in [-0.39, 0.29) is 11.3 Å². The van der Waals surface area contributed by atoms with Crippen molar-refractivity contribution in [3.63, 3.8) is 0 Å². The van der Waals surface area contributed by atoms with Gasteiger partial charge in [-0.3, -0.25) is 9.59 Å². The highest BCUT2D eigenvalue weighted by Crippen LogP contribution is 2.42. The minimum Gasteiger partial charge on any atom is -0.507 e. The smallest absolute Gasteiger partial charge is 0.295 e. The quantitative estimate of drug-likeness (QED) is 0.266. The summed E-state index contributed by atoms with van der Waals surface area (Å²) in [6, 6.07) is 21.0. The molecular formula is C29H29NO6. The zero-order chi connectivity index (χ0) is 25.7. The minimum atomic E-state index is -0.792. The van der Waals surface area contributed by atoms with Crippen molar-refractivity contribution < 1.29 is 28.9 Å². The van der Waals surface area contributed by atoms with Gasteiger partial charge >= 0.3 is 0 Å². The van der Waals surface area contributed by atoms with Crippen molar-refractivity contribution in [3.05, 3.63) is 95.1 Å². The molecule has 1 saturated heterocycles. The molecule has 1 aliphatic heterocycles. The van der Waals surface area contributed by atoms with E-state index in [4.69, 9.17) is 14.2 Å². The Kier molecular flexibility index (Phi) is 7.59. The van der Waals surface area contributed by atoms with Crippen molar-refractivity contribution in [2.45, 2.75) is 19.4 Å². The first kappa shape index (κ1) is 24.9. The number of methoxy groups -OCH3 is 2. The fraction of sp³-hybridized carbons (Fsp3) is 0.241. The van der Waals surface area contributed by atoms with Crippen molar-refractivity contribution in [2.75, 3.05) is 27.4 Å². The highest BCUT2D eigenvalue weighted by Gasteiger charge is 2.46. The van der Waals surface area contributed by atoms with Gasteiger partial charge in [-0.05, 0) is 60.9 Å². The molecule has 7 nitrogen and oxygen atoms in total. The Morgan fingerprint density at radius 2 is 1.61 bits per heavy atom. The predicted molar refractivity (Wildman–Crippen MR) is 136 cm³/mol. The second-order valence-electron chi connectivity index (χ2n) is 8.30. The van der Waals surface area contributed by atoms with E-state index in [2.05, 4.69) is 0 Å². The zero-order valence-corrected chi connectivity index (χ0v) is 20.6. The Morgan fingerprint density at radius 1 is 0.917 bits per heavy atom. The Morgan fingerprint density at radius 3 is 2.25 bits per heavy atom. The van der Waals surface area contributed by atoms with Gasteiger partial charge in [-0.15, -0.1) is 0 Å². The van der Waals surface area contributed by atoms with Crippen LogP contribution in [0.25, 0.3) is 5.76 Å². The van der Waals surface area contributed by atoms with Crippen molar-refractivity contribution in [3.8, 4) is 17.2 Å². The van der Waals surface area contributed by atoms with Crippen LogP contribution in [0.1, 0.15) is 29.7 Å². The molecule has 186 valence electrons. The summed E-state index contributed by atoms with van der Waals surface area (Å²) in [5, 5.41) is 11.3. The number of aliphatic hydroxyl groups excluding tert-OH is 1. The highest BCUT2D eigenvalue weighted by molar-refractivity contribution is 6.46. The van der Waals surface area contributed by atoms with Gasteiger partial charge in [-0.2, -0.15) is 0 Å². The van der Waals surface area contributed by atoms with E-state index in [0.29, 0.717) is 47.9 Å². The molecule has 1 amide bonds. The molecule has 1 N–H and O–H groups in total. The molecule has 3 aromatic rings. The van der Waals surface area contributed by atoms with Crippen LogP contribution in [-0.4, -0.2) is 49.1 Å². The summed E-state index contributed by atoms with van der Waals surface area (Å²) in [4.78, 5) is 28.0. The SMILES string of the molecule is CCOc1ccc(C(O)=C2C(=O)C(=O)N(CCc3ccccc3)C2c2ccc(OC)c(OC)c2)cc1. The maximum atomic E-state index is 13.3. The first-order valence-electron chi connectivity index (χ1n) is 11.8. The molecule has 1 atom stereocenters. The molecule has 0 aliphatic carbocycles. The molecule has 1 fully saturated rings. The summed E-state index contributed by atoms with van der Waals surface area (Å²) in [5.74, 6) is 0.0124. The summed E-state index contributed by atoms with van der Waals surface area (Å²) in [6.45, 7) is 2.69. The first-order chi connectivity index (χ1) is 17.5. The number of carbonyl (C=O) groups excluding carboxylic acids is 2. The van der Waals surface area contributed by atoms with Crippen LogP contribution in [0.15, 0.2) is 78.4 Å². The third kappa shape index (κ3) is 4.91. The van der Waals surface area contributed by atoms with Crippen molar-refractivity contribution in [1.82, 2.24) is 4.90 Å². The minimum absolute atomic E-state index is 0.0319. The number of rotatable bonds is 9. The molecule has 0 saturated carbocycles. The topological polar surface area (TPSA) is 85.3 Å². The number of aliphatic hydroxyl groups is 1. The number of nitrogens with zero attached hydrogens (tertiary/aromatic N) is 1. The Labute approximate surface area is 210 Å². The van der Waals surface area contributed by atoms with Crippen LogP contribution in [0.4, 0.5) is 0 Å². The van der Waals surface area contributed by atoms with E-state index in [1.807, 2.05) is 37.3 Å². The lowest BCUT2D eigenvalue weighted by Gasteiger charge is -2.26. The summed E-state index contributed by atoms with van der Waals surface area (Å²) in [7, 11) is 3.06. The molecule has 7 heteroatoms. The maximum Gasteiger partial charge on any atom is 0.295 e. The summed E-state index contributed by atoms with van der Waals surface area (Å²) < 4.78 is 16.3. The lowest BCUT2D eigenvalue weighted by molar-refractivity contribution is -0.139. The number of benzene rings is 3. The fourth-order valence-electron chi connectivity index (χ4n) is 4.41. The van der Waals surface area contributed by atoms with Crippen LogP contribution >= 0.6 is 0 Å². The number of amides is 1. The Balaban J connectivity index is 1.80. The van der Waals surface area contributed by atoms with Gasteiger partial charge in [0.1, 0.15) is 11.5 Å². The van der Waals surface area contributed by atoms with Crippen LogP contribution in [0.3, 0.4) is 0 Å². The van der Waals surface area contributed by atoms with Crippen LogP contribution < -0.4 is 14.2 Å². The third-order valence-electron chi connectivity index (χ3n) is 6.19. The average Bonchev–Trinajstić information content (AvgIpc) is 3.17. The van der Waals surface area contributed by atoms with Gasteiger partial charge in [0.15, 0.2) is 11.5 Å². The maximum absolute atomic E-state index is 13.3. The molecule has 0 radical (unpaired) electrons. The lowest BCUT2D eigenvalue weighted by Crippen LogP contribution is -2.31. The monoisotopic (exact) mass is 487 g/mol. The number of hydrogen-bond acceptors (Lipinski definition) is 6. The molecular weight excluding hydrogens is 458 g/mol. The molecule has 1 aliphatic rings. The largest absolute Gasteiger partial charge is 0.507 e. The number of carbonyl (C=O) groups is 2. The second-order valence-corrected chi connectivity index (χ2v) is 8.30. The van der Waals surface area contributed by atoms with E-state index >= 15 is 0 Å². The molecule has 4 rings (SSSR count). The summed E-state index contributed by atoms with van der Waals surface area (Å²) in [6.07, 6.45) is 0.556. The number of hydrogen-bond donors (Lipinski definition) is 1. The summed E-state index contributed by atoms with van der Waals surface area (Å²) >= 11 is 0. The van der Waals surface area contributed by atoms with Gasteiger partial charge in [0.05, 0.1) is 32.4 Å². The van der Waals surface area contributed by atoms with Crippen molar-refractivity contribution >= 4 is 17.4 Å². The van der Waals surface area contributed by atoms with E-state index in [1.165, 1.54) is 19.1 Å². The van der Waals surface area contributed by atoms with Crippen LogP contribution in [0, 0.1) is 0 Å². The van der Waals surface area contributed by atoms with E-state index < -0.39 is 17.7 Å². The number of ether oxygens (including phenoxy) is 3. The molecule has 0 spiro atoms. The molecule has 0 bridgehead atoms. The molecule has 1 heterocycles. The van der Waals surface area contributed by atoms with Gasteiger partial charge in [0.2, 0.25) is 0 Å². The Bertz CT molecular complexity index is 1270. The van der Waals surface area contributed by atoms with Crippen LogP contribution in [0.2, 0.25) is 0 Å². The zero-order valence-electron chi connectivity index (χ0n) is 20.6. The predicted octanol–water partition coefficient (Wildman–Crippen LogP) is 4.77. The molecule has 3 aromatic carbocycles. The fourth-order valence-corrected chi connectivity index (χ4v) is 4.41. The lowest BCUT2D eigenvalue weighted by atomic mass is 9.94. The first-order valence-corrected chi connectivity index (χ1v) is 11.8. The van der Waals surface area contributed by atoms with Crippen LogP contribution in [-0.2, 0) is 16.0 Å². The normalized spacial score (nSPS) is 16.8. The molecule has 1 unspecified atom stereocenters. The van der Waals surface area contributed by atoms with Gasteiger partial charge in [-0.25, -0.2) is 0 Å². The standard InChI is InChI=1S/C29H29NO6/c1-4-36-22-13-10-20(11-14-22)27(31)25-26(21-12-15-23(34-2)24(18-21)35-3)30(29(33)28(25)32)17-16-19-8-6-5-7-9-19/h5-15,18,26,31H,4,16-17H2,1-3H3. The summed E-state index contributed by atoms with van der Waals surface area (Å²) in [5.41, 5.74) is 2.12. The van der Waals surface area contributed by atoms with E-state index in [0.717, 1.165) is 5.56 Å². The number of Topliss-reactive ketones (excluding diaryl/α,β-unsaturated/α-hetero) is 1. The Hall–Kier alpha value is -4.26. The second kappa shape index (κ2) is 11.0. The van der Waals surface area contributed by atoms with Gasteiger partial charge in [0, 0.05) is 12.1 Å². The number of likely N-dealkylation sites (tertiary alicyclic amines) is 1. The van der Waals surface area contributed by atoms with Crippen LogP contribution in [0.5, 0.6) is 17.2 Å². The van der Waals surface area contributed by atoms with Gasteiger partial charge < -0.3 is 24.2 Å². The third-order valence-corrected chi connectivity index (χ3v) is 6.19. The van der Waals surface area contributed by atoms with E-state index in [9.17, 15) is 14.7 Å². The van der Waals surface area contributed by atoms with E-state index in [1.54, 1.807) is 42.5 Å².